The number of hydrogen-bond acceptors (Lipinski definition) is 6. The van der Waals surface area contributed by atoms with E-state index in [0.717, 1.165) is 69.7 Å². The van der Waals surface area contributed by atoms with E-state index in [4.69, 9.17) is 23.8 Å². The molecule has 0 spiro atoms. The Bertz CT molecular complexity index is 1800. The number of nitrogens with zero attached hydrogens (tertiary/aromatic N) is 3. The lowest BCUT2D eigenvalue weighted by Gasteiger charge is -2.40. The summed E-state index contributed by atoms with van der Waals surface area (Å²) in [7, 11) is -0.415. The third-order valence-electron chi connectivity index (χ3n) is 10.0. The molecule has 2 aromatic heterocycles. The van der Waals surface area contributed by atoms with Crippen LogP contribution in [0, 0.1) is 0 Å². The fraction of sp³-hybridized carbons (Fsp3) is 0.500. The molecule has 3 atom stereocenters. The van der Waals surface area contributed by atoms with Gasteiger partial charge in [-0.1, -0.05) is 18.2 Å². The molecule has 7 rings (SSSR count). The van der Waals surface area contributed by atoms with Crippen LogP contribution in [-0.4, -0.2) is 55.5 Å². The summed E-state index contributed by atoms with van der Waals surface area (Å²) in [6.07, 6.45) is 4.17. The normalized spacial score (nSPS) is 23.6. The molecule has 0 aliphatic carbocycles. The summed E-state index contributed by atoms with van der Waals surface area (Å²) in [5.41, 5.74) is 4.76. The van der Waals surface area contributed by atoms with Crippen molar-refractivity contribution < 1.29 is 23.6 Å². The van der Waals surface area contributed by atoms with Crippen LogP contribution in [0.3, 0.4) is 0 Å². The van der Waals surface area contributed by atoms with Crippen molar-refractivity contribution in [3.8, 4) is 28.3 Å². The first-order chi connectivity index (χ1) is 21.6. The van der Waals surface area contributed by atoms with Gasteiger partial charge in [0.25, 0.3) is 0 Å². The number of ether oxygens (including phenoxy) is 2. The highest BCUT2D eigenvalue weighted by atomic mass is 16.7. The number of imidazole rings is 1. The molecule has 1 amide bonds. The van der Waals surface area contributed by atoms with Gasteiger partial charge >= 0.3 is 13.2 Å². The summed E-state index contributed by atoms with van der Waals surface area (Å²) in [6, 6.07) is 14.8. The van der Waals surface area contributed by atoms with Gasteiger partial charge in [-0.15, -0.1) is 0 Å². The minimum absolute atomic E-state index is 0.0699. The second-order valence-electron chi connectivity index (χ2n) is 15.1. The predicted octanol–water partition coefficient (Wildman–Crippen LogP) is 7.76. The number of fused-ring (bicyclic) bond motifs is 5. The standard InChI is InChI=1S/C36H45BN4O5/c1-21-11-10-12-29(40(21)33(42)44-34(3,4)5)32-38-20-27(39-32)23-13-15-26-30-18-24-17-25(37-45-35(6,7)36(8,9)46-37)14-16-28(24)41(30)22(2)43-31(26)19-23/h13-22,29H,10-12H2,1-9H3,(H,38,39). The van der Waals surface area contributed by atoms with Crippen molar-refractivity contribution in [2.24, 2.45) is 0 Å². The smallest absolute Gasteiger partial charge is 0.470 e. The number of aromatic amines is 1. The number of nitrogens with one attached hydrogen (secondary N) is 1. The van der Waals surface area contributed by atoms with Gasteiger partial charge in [-0.2, -0.15) is 0 Å². The first-order valence-electron chi connectivity index (χ1n) is 16.5. The van der Waals surface area contributed by atoms with Crippen molar-refractivity contribution in [1.82, 2.24) is 19.4 Å². The maximum absolute atomic E-state index is 13.2. The molecule has 9 nitrogen and oxygen atoms in total. The Labute approximate surface area is 271 Å². The van der Waals surface area contributed by atoms with Gasteiger partial charge in [0.15, 0.2) is 6.23 Å². The van der Waals surface area contributed by atoms with Gasteiger partial charge in [-0.25, -0.2) is 9.78 Å². The van der Waals surface area contributed by atoms with E-state index in [9.17, 15) is 4.79 Å². The van der Waals surface area contributed by atoms with E-state index < -0.39 is 23.9 Å². The largest absolute Gasteiger partial charge is 0.494 e. The monoisotopic (exact) mass is 624 g/mol. The van der Waals surface area contributed by atoms with Crippen LogP contribution in [0.4, 0.5) is 4.79 Å². The summed E-state index contributed by atoms with van der Waals surface area (Å²) in [5.74, 6) is 1.60. The van der Waals surface area contributed by atoms with E-state index in [1.807, 2.05) is 31.9 Å². The molecule has 46 heavy (non-hydrogen) atoms. The number of benzene rings is 2. The van der Waals surface area contributed by atoms with Gasteiger partial charge in [0.05, 0.1) is 40.3 Å². The number of hydrogen-bond donors (Lipinski definition) is 1. The minimum Gasteiger partial charge on any atom is -0.470 e. The first-order valence-corrected chi connectivity index (χ1v) is 16.5. The van der Waals surface area contributed by atoms with E-state index in [1.54, 1.807) is 0 Å². The topological polar surface area (TPSA) is 90.8 Å². The van der Waals surface area contributed by atoms with Crippen molar-refractivity contribution in [2.75, 3.05) is 0 Å². The molecule has 2 saturated heterocycles. The van der Waals surface area contributed by atoms with Crippen LogP contribution in [0.2, 0.25) is 0 Å². The Morgan fingerprint density at radius 3 is 2.48 bits per heavy atom. The first kappa shape index (κ1) is 30.9. The van der Waals surface area contributed by atoms with Gasteiger partial charge in [0, 0.05) is 22.6 Å². The van der Waals surface area contributed by atoms with Crippen molar-refractivity contribution in [3.63, 3.8) is 0 Å². The fourth-order valence-corrected chi connectivity index (χ4v) is 6.95. The van der Waals surface area contributed by atoms with Crippen LogP contribution in [-0.2, 0) is 14.0 Å². The van der Waals surface area contributed by atoms with E-state index in [0.29, 0.717) is 0 Å². The van der Waals surface area contributed by atoms with Gasteiger partial charge in [0.1, 0.15) is 17.2 Å². The van der Waals surface area contributed by atoms with Gasteiger partial charge in [0.2, 0.25) is 0 Å². The molecule has 3 unspecified atom stereocenters. The quantitative estimate of drug-likeness (QED) is 0.234. The molecule has 3 aliphatic rings. The lowest BCUT2D eigenvalue weighted by atomic mass is 9.78. The van der Waals surface area contributed by atoms with Crippen LogP contribution in [0.5, 0.6) is 5.75 Å². The SMILES string of the molecule is CC1CCCC(c2ncc(-c3ccc4c(c3)OC(C)n3c-4cc4cc(B5OC(C)(C)C(C)(C)O5)ccc43)[nH]2)N1C(=O)OC(C)(C)C. The number of likely N-dealkylation sites (tertiary alicyclic amines) is 1. The number of carbonyl (C=O) groups is 1. The maximum Gasteiger partial charge on any atom is 0.494 e. The summed E-state index contributed by atoms with van der Waals surface area (Å²) in [4.78, 5) is 23.3. The molecule has 4 aromatic rings. The van der Waals surface area contributed by atoms with E-state index in [2.05, 4.69) is 93.6 Å². The Hall–Kier alpha value is -3.76. The summed E-state index contributed by atoms with van der Waals surface area (Å²) in [6.45, 7) is 18.2. The molecule has 242 valence electrons. The fourth-order valence-electron chi connectivity index (χ4n) is 6.95. The van der Waals surface area contributed by atoms with Crippen LogP contribution in [0.15, 0.2) is 48.7 Å². The molecule has 3 aliphatic heterocycles. The van der Waals surface area contributed by atoms with Crippen LogP contribution in [0.1, 0.15) is 99.7 Å². The molecular weight excluding hydrogens is 579 g/mol. The Morgan fingerprint density at radius 2 is 1.76 bits per heavy atom. The second kappa shape index (κ2) is 10.6. The molecule has 5 heterocycles. The molecule has 1 N–H and O–H groups in total. The third kappa shape index (κ3) is 5.19. The predicted molar refractivity (Wildman–Crippen MR) is 180 cm³/mol. The summed E-state index contributed by atoms with van der Waals surface area (Å²) >= 11 is 0. The van der Waals surface area contributed by atoms with Crippen molar-refractivity contribution in [1.29, 1.82) is 0 Å². The molecule has 10 heteroatoms. The Balaban J connectivity index is 1.17. The number of H-pyrrole nitrogens is 1. The highest BCUT2D eigenvalue weighted by molar-refractivity contribution is 6.62. The number of carbonyl (C=O) groups excluding carboxylic acids is 1. The average molecular weight is 625 g/mol. The van der Waals surface area contributed by atoms with Crippen LogP contribution in [0.25, 0.3) is 33.4 Å². The van der Waals surface area contributed by atoms with Crippen LogP contribution >= 0.6 is 0 Å². The highest BCUT2D eigenvalue weighted by Gasteiger charge is 2.51. The molecule has 0 bridgehead atoms. The second-order valence-corrected chi connectivity index (χ2v) is 15.1. The molecule has 0 saturated carbocycles. The number of aromatic nitrogens is 3. The zero-order valence-electron chi connectivity index (χ0n) is 28.4. The molecule has 0 radical (unpaired) electrons. The zero-order chi connectivity index (χ0) is 32.8. The summed E-state index contributed by atoms with van der Waals surface area (Å²) in [5, 5.41) is 1.11. The van der Waals surface area contributed by atoms with E-state index in [-0.39, 0.29) is 24.4 Å². The van der Waals surface area contributed by atoms with E-state index >= 15 is 0 Å². The van der Waals surface area contributed by atoms with Crippen molar-refractivity contribution in [2.45, 2.75) is 117 Å². The summed E-state index contributed by atoms with van der Waals surface area (Å²) < 4.78 is 27.2. The molecule has 2 aromatic carbocycles. The number of piperidine rings is 1. The zero-order valence-corrected chi connectivity index (χ0v) is 28.4. The van der Waals surface area contributed by atoms with Gasteiger partial charge in [-0.3, -0.25) is 4.90 Å². The average Bonchev–Trinajstić information content (AvgIpc) is 3.65. The minimum atomic E-state index is -0.561. The highest BCUT2D eigenvalue weighted by Crippen LogP contribution is 2.44. The molecule has 2 fully saturated rings. The van der Waals surface area contributed by atoms with E-state index in [1.165, 1.54) is 0 Å². The van der Waals surface area contributed by atoms with Crippen molar-refractivity contribution >= 4 is 29.6 Å². The number of amides is 1. The number of rotatable bonds is 3. The van der Waals surface area contributed by atoms with Crippen molar-refractivity contribution in [3.05, 3.63) is 54.5 Å². The van der Waals surface area contributed by atoms with Gasteiger partial charge < -0.3 is 28.3 Å². The maximum atomic E-state index is 13.2. The third-order valence-corrected chi connectivity index (χ3v) is 10.0. The lowest BCUT2D eigenvalue weighted by molar-refractivity contribution is -0.00445. The molecular formula is C36H45BN4O5. The van der Waals surface area contributed by atoms with Crippen LogP contribution < -0.4 is 10.2 Å². The van der Waals surface area contributed by atoms with Gasteiger partial charge in [-0.05, 0) is 111 Å². The Kier molecular flexibility index (Phi) is 7.14. The lowest BCUT2D eigenvalue weighted by Crippen LogP contribution is -2.46. The Morgan fingerprint density at radius 1 is 1.02 bits per heavy atom.